The molecule has 1 heterocycles. The molecule has 0 aliphatic carbocycles. The Hall–Kier alpha value is -0.810. The predicted molar refractivity (Wildman–Crippen MR) is 66.3 cm³/mol. The molecule has 1 aromatic carbocycles. The summed E-state index contributed by atoms with van der Waals surface area (Å²) in [7, 11) is -2.21. The average Bonchev–Trinajstić information content (AvgIpc) is 2.60. The van der Waals surface area contributed by atoms with Crippen LogP contribution in [0.25, 0.3) is 0 Å². The lowest BCUT2D eigenvalue weighted by atomic mass is 10.2. The molecule has 2 heteroatoms. The first-order valence-electron chi connectivity index (χ1n) is 5.53. The van der Waals surface area contributed by atoms with Crippen LogP contribution >= 0.6 is 7.14 Å². The van der Waals surface area contributed by atoms with Crippen LogP contribution in [-0.2, 0) is 11.0 Å². The van der Waals surface area contributed by atoms with Crippen molar-refractivity contribution >= 4 is 12.4 Å². The number of allylic oxidation sites excluding steroid dienone is 2. The van der Waals surface area contributed by atoms with E-state index in [1.54, 1.807) is 0 Å². The summed E-state index contributed by atoms with van der Waals surface area (Å²) in [5, 5.41) is 2.20. The van der Waals surface area contributed by atoms with E-state index in [1.807, 2.05) is 25.1 Å². The first kappa shape index (κ1) is 10.7. The minimum atomic E-state index is -2.21. The lowest BCUT2D eigenvalue weighted by Crippen LogP contribution is -2.11. The highest BCUT2D eigenvalue weighted by molar-refractivity contribution is 7.75. The Morgan fingerprint density at radius 1 is 1.33 bits per heavy atom. The van der Waals surface area contributed by atoms with Crippen molar-refractivity contribution in [3.05, 3.63) is 41.2 Å². The Labute approximate surface area is 91.6 Å². The van der Waals surface area contributed by atoms with Gasteiger partial charge in [0.25, 0.3) is 0 Å². The molecule has 15 heavy (non-hydrogen) atoms. The van der Waals surface area contributed by atoms with Crippen LogP contribution < -0.4 is 5.30 Å². The van der Waals surface area contributed by atoms with Crippen molar-refractivity contribution < 1.29 is 4.57 Å². The third-order valence-electron chi connectivity index (χ3n) is 3.22. The third-order valence-corrected chi connectivity index (χ3v) is 6.64. The molecule has 0 N–H and O–H groups in total. The summed E-state index contributed by atoms with van der Waals surface area (Å²) in [4.78, 5) is 0. The Bertz CT molecular complexity index is 446. The second kappa shape index (κ2) is 3.98. The highest BCUT2D eigenvalue weighted by Gasteiger charge is 2.31. The van der Waals surface area contributed by atoms with Gasteiger partial charge in [0, 0.05) is 11.5 Å². The molecule has 0 spiro atoms. The molecule has 1 aliphatic rings. The second-order valence-electron chi connectivity index (χ2n) is 4.08. The van der Waals surface area contributed by atoms with Crippen molar-refractivity contribution in [3.8, 4) is 0 Å². The fourth-order valence-electron chi connectivity index (χ4n) is 2.25. The van der Waals surface area contributed by atoms with Crippen LogP contribution in [0.4, 0.5) is 0 Å². The predicted octanol–water partition coefficient (Wildman–Crippen LogP) is 3.54. The van der Waals surface area contributed by atoms with Crippen molar-refractivity contribution in [2.45, 2.75) is 26.7 Å². The highest BCUT2D eigenvalue weighted by atomic mass is 31.2. The van der Waals surface area contributed by atoms with Crippen molar-refractivity contribution in [1.82, 2.24) is 0 Å². The molecule has 1 aromatic rings. The molecule has 0 radical (unpaired) electrons. The zero-order chi connectivity index (χ0) is 10.9. The number of aryl methyl sites for hydroxylation is 1. The Morgan fingerprint density at radius 3 is 2.67 bits per heavy atom. The van der Waals surface area contributed by atoms with Gasteiger partial charge in [0.05, 0.1) is 0 Å². The molecule has 0 saturated heterocycles. The molecule has 1 aliphatic heterocycles. The number of hydrogen-bond donors (Lipinski definition) is 0. The van der Waals surface area contributed by atoms with Gasteiger partial charge in [0.15, 0.2) is 0 Å². The summed E-state index contributed by atoms with van der Waals surface area (Å²) >= 11 is 0. The zero-order valence-corrected chi connectivity index (χ0v) is 10.3. The van der Waals surface area contributed by atoms with Crippen LogP contribution in [0.2, 0.25) is 0 Å². The Balaban J connectivity index is 2.54. The summed E-state index contributed by atoms with van der Waals surface area (Å²) < 4.78 is 12.9. The molecular weight excluding hydrogens is 203 g/mol. The first-order valence-corrected chi connectivity index (χ1v) is 7.42. The quantitative estimate of drug-likeness (QED) is 0.696. The smallest absolute Gasteiger partial charge is 0.139 e. The van der Waals surface area contributed by atoms with Gasteiger partial charge in [-0.05, 0) is 30.6 Å². The van der Waals surface area contributed by atoms with E-state index in [0.717, 1.165) is 29.6 Å². The van der Waals surface area contributed by atoms with Crippen molar-refractivity contribution in [3.63, 3.8) is 0 Å². The largest absolute Gasteiger partial charge is 0.314 e. The van der Waals surface area contributed by atoms with Gasteiger partial charge >= 0.3 is 0 Å². The molecule has 0 amide bonds. The standard InChI is InChI=1S/C13H17OP/c1-3-12-8-4-5-9-13(12)15(14)10-6-7-11(15)2/h4-5,7-9H,3,6,10H2,1-2H3/t15-/m0/s1. The van der Waals surface area contributed by atoms with Crippen molar-refractivity contribution in [2.24, 2.45) is 0 Å². The van der Waals surface area contributed by atoms with Crippen LogP contribution in [0.3, 0.4) is 0 Å². The fourth-order valence-corrected chi connectivity index (χ4v) is 5.17. The number of benzene rings is 1. The molecule has 80 valence electrons. The summed E-state index contributed by atoms with van der Waals surface area (Å²) in [5.74, 6) is 0. The van der Waals surface area contributed by atoms with Gasteiger partial charge in [-0.1, -0.05) is 37.3 Å². The third kappa shape index (κ3) is 1.70. The summed E-state index contributed by atoms with van der Waals surface area (Å²) in [6, 6.07) is 8.17. The van der Waals surface area contributed by atoms with Crippen molar-refractivity contribution in [1.29, 1.82) is 0 Å². The van der Waals surface area contributed by atoms with E-state index in [0.29, 0.717) is 0 Å². The molecule has 0 aromatic heterocycles. The summed E-state index contributed by atoms with van der Waals surface area (Å²) in [5.41, 5.74) is 1.25. The number of hydrogen-bond acceptors (Lipinski definition) is 1. The van der Waals surface area contributed by atoms with Crippen LogP contribution in [0.5, 0.6) is 0 Å². The van der Waals surface area contributed by atoms with E-state index in [-0.39, 0.29) is 0 Å². The number of rotatable bonds is 2. The van der Waals surface area contributed by atoms with E-state index in [2.05, 4.69) is 19.1 Å². The van der Waals surface area contributed by atoms with Gasteiger partial charge in [-0.3, -0.25) is 0 Å². The molecule has 0 unspecified atom stereocenters. The van der Waals surface area contributed by atoms with Gasteiger partial charge in [-0.15, -0.1) is 0 Å². The molecule has 1 atom stereocenters. The second-order valence-corrected chi connectivity index (χ2v) is 7.19. The van der Waals surface area contributed by atoms with Crippen LogP contribution in [-0.4, -0.2) is 6.16 Å². The van der Waals surface area contributed by atoms with E-state index in [1.165, 1.54) is 5.56 Å². The van der Waals surface area contributed by atoms with Gasteiger partial charge < -0.3 is 4.57 Å². The Morgan fingerprint density at radius 2 is 2.07 bits per heavy atom. The van der Waals surface area contributed by atoms with Crippen LogP contribution in [0.15, 0.2) is 35.7 Å². The maximum atomic E-state index is 12.9. The van der Waals surface area contributed by atoms with Crippen LogP contribution in [0, 0.1) is 0 Å². The SMILES string of the molecule is CCc1ccccc1[P@]1(=O)CCC=C1C. The molecule has 0 saturated carbocycles. The molecule has 1 nitrogen and oxygen atoms in total. The van der Waals surface area contributed by atoms with Gasteiger partial charge in [-0.25, -0.2) is 0 Å². The van der Waals surface area contributed by atoms with E-state index >= 15 is 0 Å². The topological polar surface area (TPSA) is 17.1 Å². The zero-order valence-electron chi connectivity index (χ0n) is 9.36. The maximum absolute atomic E-state index is 12.9. The summed E-state index contributed by atoms with van der Waals surface area (Å²) in [6.07, 6.45) is 4.90. The van der Waals surface area contributed by atoms with E-state index < -0.39 is 7.14 Å². The molecular formula is C13H17OP. The molecule has 0 fully saturated rings. The highest BCUT2D eigenvalue weighted by Crippen LogP contribution is 2.57. The average molecular weight is 220 g/mol. The monoisotopic (exact) mass is 220 g/mol. The van der Waals surface area contributed by atoms with Crippen LogP contribution in [0.1, 0.15) is 25.8 Å². The lowest BCUT2D eigenvalue weighted by molar-refractivity contribution is 0.586. The minimum Gasteiger partial charge on any atom is -0.314 e. The van der Waals surface area contributed by atoms with Crippen molar-refractivity contribution in [2.75, 3.05) is 6.16 Å². The molecule has 2 rings (SSSR count). The van der Waals surface area contributed by atoms with Gasteiger partial charge in [0.2, 0.25) is 0 Å². The maximum Gasteiger partial charge on any atom is 0.139 e. The fraction of sp³-hybridized carbons (Fsp3) is 0.385. The van der Waals surface area contributed by atoms with E-state index in [9.17, 15) is 4.57 Å². The molecule has 0 bridgehead atoms. The Kier molecular flexibility index (Phi) is 2.84. The summed E-state index contributed by atoms with van der Waals surface area (Å²) in [6.45, 7) is 4.14. The first-order chi connectivity index (χ1) is 7.18. The normalized spacial score (nSPS) is 25.3. The van der Waals surface area contributed by atoms with Gasteiger partial charge in [0.1, 0.15) is 7.14 Å². The minimum absolute atomic E-state index is 0.829. The van der Waals surface area contributed by atoms with Gasteiger partial charge in [-0.2, -0.15) is 0 Å². The lowest BCUT2D eigenvalue weighted by Gasteiger charge is -2.17. The van der Waals surface area contributed by atoms with E-state index in [4.69, 9.17) is 0 Å².